The molecule has 2 bridgehead atoms. The molecule has 3 atom stereocenters. The Morgan fingerprint density at radius 3 is 2.70 bits per heavy atom. The molecule has 30 heavy (non-hydrogen) atoms. The van der Waals surface area contributed by atoms with Gasteiger partial charge in [0.05, 0.1) is 12.1 Å². The van der Waals surface area contributed by atoms with E-state index < -0.39 is 0 Å². The van der Waals surface area contributed by atoms with Gasteiger partial charge in [-0.1, -0.05) is 6.58 Å². The van der Waals surface area contributed by atoms with Crippen molar-refractivity contribution in [2.75, 3.05) is 11.4 Å². The molecule has 0 aliphatic carbocycles. The van der Waals surface area contributed by atoms with Crippen LogP contribution >= 0.6 is 0 Å². The van der Waals surface area contributed by atoms with Crippen LogP contribution < -0.4 is 10.2 Å². The van der Waals surface area contributed by atoms with E-state index in [4.69, 9.17) is 0 Å². The average Bonchev–Trinajstić information content (AvgIpc) is 3.37. The zero-order valence-corrected chi connectivity index (χ0v) is 17.9. The summed E-state index contributed by atoms with van der Waals surface area (Å²) in [4.78, 5) is 25.8. The third-order valence-electron chi connectivity index (χ3n) is 6.35. The normalized spacial score (nSPS) is 25.3. The van der Waals surface area contributed by atoms with E-state index in [0.29, 0.717) is 11.5 Å². The summed E-state index contributed by atoms with van der Waals surface area (Å²) in [6, 6.07) is 2.37. The van der Waals surface area contributed by atoms with Crippen LogP contribution in [0.15, 0.2) is 41.6 Å². The second kappa shape index (κ2) is 7.94. The minimum Gasteiger partial charge on any atom is -0.347 e. The standard InChI is InChI=1S/C23H28N6O/c1-14-9-10-28(23-25-16(3)11-17(4)26-23)20(14)7-5-15(2)22(30)27-19-12-18-6-8-21(19)29(18)13-24/h5,7,11,18-19,21H,2,6,8-10,12H2,1,3-4H3,(H,27,30)/b7-5-. The van der Waals surface area contributed by atoms with Crippen LogP contribution in [0.2, 0.25) is 0 Å². The van der Waals surface area contributed by atoms with Crippen LogP contribution in [0.3, 0.4) is 0 Å². The molecule has 2 fully saturated rings. The van der Waals surface area contributed by atoms with Crippen molar-refractivity contribution in [1.29, 1.82) is 5.26 Å². The summed E-state index contributed by atoms with van der Waals surface area (Å²) in [7, 11) is 0. The lowest BCUT2D eigenvalue weighted by Crippen LogP contribution is -2.43. The zero-order chi connectivity index (χ0) is 21.4. The van der Waals surface area contributed by atoms with Crippen LogP contribution in [0.5, 0.6) is 0 Å². The first-order valence-corrected chi connectivity index (χ1v) is 10.5. The first kappa shape index (κ1) is 20.1. The van der Waals surface area contributed by atoms with Crippen LogP contribution in [-0.2, 0) is 4.79 Å². The summed E-state index contributed by atoms with van der Waals surface area (Å²) in [5.74, 6) is 0.518. The molecule has 2 saturated heterocycles. The van der Waals surface area contributed by atoms with Gasteiger partial charge >= 0.3 is 0 Å². The highest BCUT2D eigenvalue weighted by atomic mass is 16.1. The minimum atomic E-state index is -0.174. The lowest BCUT2D eigenvalue weighted by molar-refractivity contribution is -0.118. The van der Waals surface area contributed by atoms with E-state index in [1.54, 1.807) is 6.08 Å². The fourth-order valence-electron chi connectivity index (χ4n) is 4.84. The van der Waals surface area contributed by atoms with Gasteiger partial charge in [-0.2, -0.15) is 5.26 Å². The molecule has 1 N–H and O–H groups in total. The number of rotatable bonds is 5. The summed E-state index contributed by atoms with van der Waals surface area (Å²) in [6.45, 7) is 10.8. The third-order valence-corrected chi connectivity index (χ3v) is 6.35. The van der Waals surface area contributed by atoms with Crippen LogP contribution in [0.25, 0.3) is 0 Å². The Morgan fingerprint density at radius 2 is 2.03 bits per heavy atom. The molecule has 0 aromatic carbocycles. The van der Waals surface area contributed by atoms with Crippen molar-refractivity contribution in [3.8, 4) is 6.19 Å². The van der Waals surface area contributed by atoms with Crippen LogP contribution in [0.4, 0.5) is 5.95 Å². The van der Waals surface area contributed by atoms with Gasteiger partial charge < -0.3 is 15.1 Å². The summed E-state index contributed by atoms with van der Waals surface area (Å²) < 4.78 is 0. The number of carbonyl (C=O) groups is 1. The van der Waals surface area contributed by atoms with Crippen molar-refractivity contribution in [2.45, 2.75) is 64.6 Å². The van der Waals surface area contributed by atoms with Gasteiger partial charge in [-0.3, -0.25) is 4.79 Å². The summed E-state index contributed by atoms with van der Waals surface area (Å²) in [5, 5.41) is 12.4. The summed E-state index contributed by atoms with van der Waals surface area (Å²) >= 11 is 0. The maximum Gasteiger partial charge on any atom is 0.250 e. The number of nitriles is 1. The number of anilines is 1. The zero-order valence-electron chi connectivity index (χ0n) is 17.9. The Labute approximate surface area is 177 Å². The first-order valence-electron chi connectivity index (χ1n) is 10.5. The predicted octanol–water partition coefficient (Wildman–Crippen LogP) is 2.89. The van der Waals surface area contributed by atoms with Crippen molar-refractivity contribution in [3.05, 3.63) is 53.0 Å². The van der Waals surface area contributed by atoms with Crippen molar-refractivity contribution >= 4 is 11.9 Å². The Morgan fingerprint density at radius 1 is 1.30 bits per heavy atom. The summed E-state index contributed by atoms with van der Waals surface area (Å²) in [5.41, 5.74) is 4.54. The van der Waals surface area contributed by atoms with Crippen molar-refractivity contribution < 1.29 is 4.79 Å². The minimum absolute atomic E-state index is 0.0219. The van der Waals surface area contributed by atoms with Crippen molar-refractivity contribution in [2.24, 2.45) is 0 Å². The van der Waals surface area contributed by atoms with E-state index in [0.717, 1.165) is 49.3 Å². The van der Waals surface area contributed by atoms with Gasteiger partial charge in [0, 0.05) is 35.2 Å². The number of aromatic nitrogens is 2. The quantitative estimate of drug-likeness (QED) is 0.461. The smallest absolute Gasteiger partial charge is 0.250 e. The number of allylic oxidation sites excluding steroid dienone is 1. The van der Waals surface area contributed by atoms with E-state index >= 15 is 0 Å². The van der Waals surface area contributed by atoms with Crippen LogP contribution in [0.1, 0.15) is 44.0 Å². The van der Waals surface area contributed by atoms with Crippen LogP contribution in [-0.4, -0.2) is 45.4 Å². The molecule has 0 radical (unpaired) electrons. The number of carbonyl (C=O) groups excluding carboxylic acids is 1. The molecule has 4 heterocycles. The average molecular weight is 405 g/mol. The first-order chi connectivity index (χ1) is 14.4. The lowest BCUT2D eigenvalue weighted by Gasteiger charge is -2.22. The van der Waals surface area contributed by atoms with Gasteiger partial charge in [0.1, 0.15) is 0 Å². The molecule has 0 saturated carbocycles. The fourth-order valence-corrected chi connectivity index (χ4v) is 4.84. The number of amides is 1. The molecular weight excluding hydrogens is 376 g/mol. The number of nitrogens with one attached hydrogen (secondary N) is 1. The second-order valence-electron chi connectivity index (χ2n) is 8.50. The molecular formula is C23H28N6O. The molecule has 0 spiro atoms. The molecule has 3 unspecified atom stereocenters. The topological polar surface area (TPSA) is 85.2 Å². The Bertz CT molecular complexity index is 968. The maximum absolute atomic E-state index is 12.7. The highest BCUT2D eigenvalue weighted by Gasteiger charge is 2.46. The van der Waals surface area contributed by atoms with Gasteiger partial charge in [-0.05, 0) is 70.2 Å². The Balaban J connectivity index is 1.43. The second-order valence-corrected chi connectivity index (χ2v) is 8.50. The number of hydrogen-bond donors (Lipinski definition) is 1. The number of hydrogen-bond acceptors (Lipinski definition) is 6. The molecule has 1 amide bonds. The van der Waals surface area contributed by atoms with E-state index in [9.17, 15) is 10.1 Å². The van der Waals surface area contributed by atoms with E-state index in [-0.39, 0.29) is 24.0 Å². The van der Waals surface area contributed by atoms with Gasteiger partial charge in [-0.25, -0.2) is 9.97 Å². The molecule has 7 heteroatoms. The fraction of sp³-hybridized carbons (Fsp3) is 0.478. The molecule has 156 valence electrons. The molecule has 1 aromatic heterocycles. The van der Waals surface area contributed by atoms with Gasteiger partial charge in [0.25, 0.3) is 5.91 Å². The molecule has 3 aliphatic rings. The van der Waals surface area contributed by atoms with Gasteiger partial charge in [0.15, 0.2) is 6.19 Å². The molecule has 3 aliphatic heterocycles. The Kier molecular flexibility index (Phi) is 5.33. The molecule has 1 aromatic rings. The predicted molar refractivity (Wildman–Crippen MR) is 115 cm³/mol. The summed E-state index contributed by atoms with van der Waals surface area (Å²) in [6.07, 6.45) is 9.75. The van der Waals surface area contributed by atoms with Crippen molar-refractivity contribution in [3.63, 3.8) is 0 Å². The maximum atomic E-state index is 12.7. The third kappa shape index (κ3) is 3.70. The van der Waals surface area contributed by atoms with E-state index in [2.05, 4.69) is 39.9 Å². The number of fused-ring (bicyclic) bond motifs is 2. The molecule has 4 rings (SSSR count). The lowest BCUT2D eigenvalue weighted by atomic mass is 9.95. The molecule has 7 nitrogen and oxygen atoms in total. The van der Waals surface area contributed by atoms with E-state index in [1.165, 1.54) is 5.57 Å². The highest BCUT2D eigenvalue weighted by molar-refractivity contribution is 5.95. The van der Waals surface area contributed by atoms with Crippen molar-refractivity contribution in [1.82, 2.24) is 20.2 Å². The highest BCUT2D eigenvalue weighted by Crippen LogP contribution is 2.37. The van der Waals surface area contributed by atoms with Gasteiger partial charge in [-0.15, -0.1) is 0 Å². The monoisotopic (exact) mass is 404 g/mol. The van der Waals surface area contributed by atoms with E-state index in [1.807, 2.05) is 30.9 Å². The number of nitrogens with zero attached hydrogens (tertiary/aromatic N) is 5. The SMILES string of the molecule is C=C(/C=C\C1=C(C)CCN1c1nc(C)cc(C)n1)C(=O)NC1CC2CCC1N2C#N. The Hall–Kier alpha value is -3.14. The van der Waals surface area contributed by atoms with Gasteiger partial charge in [0.2, 0.25) is 5.95 Å². The largest absolute Gasteiger partial charge is 0.347 e. The van der Waals surface area contributed by atoms with Crippen LogP contribution in [0, 0.1) is 25.3 Å². The number of aryl methyl sites for hydroxylation is 2.